The summed E-state index contributed by atoms with van der Waals surface area (Å²) >= 11 is 0. The standard InChI is InChI=1S/C14H19NO2/c1-4-5-6-9-15(3)14(17)12-8-7-11(2)13(16)10-12/h4,7-8,10,16H,1,5-6,9H2,2-3H3. The van der Waals surface area contributed by atoms with Crippen LogP contribution < -0.4 is 0 Å². The van der Waals surface area contributed by atoms with Crippen LogP contribution in [0.5, 0.6) is 5.75 Å². The summed E-state index contributed by atoms with van der Waals surface area (Å²) in [6, 6.07) is 5.00. The van der Waals surface area contributed by atoms with Crippen LogP contribution in [0.3, 0.4) is 0 Å². The van der Waals surface area contributed by atoms with Gasteiger partial charge in [0.05, 0.1) is 0 Å². The van der Waals surface area contributed by atoms with Crippen LogP contribution in [-0.2, 0) is 0 Å². The maximum atomic E-state index is 12.0. The van der Waals surface area contributed by atoms with Crippen LogP contribution >= 0.6 is 0 Å². The van der Waals surface area contributed by atoms with Gasteiger partial charge in [0.2, 0.25) is 0 Å². The molecular formula is C14H19NO2. The second-order valence-electron chi connectivity index (χ2n) is 4.16. The molecule has 0 aliphatic heterocycles. The van der Waals surface area contributed by atoms with Crippen LogP contribution in [0.1, 0.15) is 28.8 Å². The fourth-order valence-electron chi connectivity index (χ4n) is 1.54. The highest BCUT2D eigenvalue weighted by atomic mass is 16.3. The third-order valence-corrected chi connectivity index (χ3v) is 2.70. The zero-order valence-electron chi connectivity index (χ0n) is 10.4. The van der Waals surface area contributed by atoms with E-state index in [9.17, 15) is 9.90 Å². The molecule has 1 aromatic carbocycles. The van der Waals surface area contributed by atoms with E-state index in [1.807, 2.05) is 6.08 Å². The van der Waals surface area contributed by atoms with Gasteiger partial charge in [0.15, 0.2) is 0 Å². The van der Waals surface area contributed by atoms with Gasteiger partial charge in [0, 0.05) is 19.2 Å². The lowest BCUT2D eigenvalue weighted by Crippen LogP contribution is -2.27. The molecule has 1 aromatic rings. The van der Waals surface area contributed by atoms with Gasteiger partial charge in [-0.05, 0) is 37.5 Å². The number of amides is 1. The first-order valence-corrected chi connectivity index (χ1v) is 5.72. The van der Waals surface area contributed by atoms with Crippen molar-refractivity contribution in [2.24, 2.45) is 0 Å². The summed E-state index contributed by atoms with van der Waals surface area (Å²) in [6.45, 7) is 6.14. The van der Waals surface area contributed by atoms with Crippen LogP contribution in [-0.4, -0.2) is 29.5 Å². The summed E-state index contributed by atoms with van der Waals surface area (Å²) in [5.41, 5.74) is 1.30. The second kappa shape index (κ2) is 6.09. The Kier molecular flexibility index (Phi) is 4.76. The summed E-state index contributed by atoms with van der Waals surface area (Å²) in [5, 5.41) is 9.56. The predicted octanol–water partition coefficient (Wildman–Crippen LogP) is 2.74. The zero-order chi connectivity index (χ0) is 12.8. The normalized spacial score (nSPS) is 10.0. The average molecular weight is 233 g/mol. The Bertz CT molecular complexity index is 413. The molecule has 17 heavy (non-hydrogen) atoms. The molecule has 0 heterocycles. The van der Waals surface area contributed by atoms with Gasteiger partial charge in [-0.15, -0.1) is 6.58 Å². The van der Waals surface area contributed by atoms with Gasteiger partial charge in [-0.25, -0.2) is 0 Å². The van der Waals surface area contributed by atoms with Crippen molar-refractivity contribution in [1.82, 2.24) is 4.90 Å². The number of unbranched alkanes of at least 4 members (excludes halogenated alkanes) is 1. The number of carbonyl (C=O) groups excluding carboxylic acids is 1. The quantitative estimate of drug-likeness (QED) is 0.627. The summed E-state index contributed by atoms with van der Waals surface area (Å²) in [7, 11) is 1.77. The van der Waals surface area contributed by atoms with Gasteiger partial charge in [0.25, 0.3) is 5.91 Å². The minimum Gasteiger partial charge on any atom is -0.508 e. The number of aromatic hydroxyl groups is 1. The van der Waals surface area contributed by atoms with Crippen LogP contribution in [0.4, 0.5) is 0 Å². The van der Waals surface area contributed by atoms with E-state index in [2.05, 4.69) is 6.58 Å². The summed E-state index contributed by atoms with van der Waals surface area (Å²) < 4.78 is 0. The van der Waals surface area contributed by atoms with Gasteiger partial charge < -0.3 is 10.0 Å². The fourth-order valence-corrected chi connectivity index (χ4v) is 1.54. The van der Waals surface area contributed by atoms with E-state index >= 15 is 0 Å². The minimum absolute atomic E-state index is 0.0654. The Morgan fingerprint density at radius 1 is 1.53 bits per heavy atom. The summed E-state index contributed by atoms with van der Waals surface area (Å²) in [6.07, 6.45) is 3.65. The van der Waals surface area contributed by atoms with Crippen molar-refractivity contribution in [1.29, 1.82) is 0 Å². The first-order chi connectivity index (χ1) is 8.06. The maximum Gasteiger partial charge on any atom is 0.253 e. The Morgan fingerprint density at radius 2 is 2.24 bits per heavy atom. The largest absolute Gasteiger partial charge is 0.508 e. The lowest BCUT2D eigenvalue weighted by atomic mass is 10.1. The molecule has 0 aliphatic carbocycles. The molecule has 0 unspecified atom stereocenters. The topological polar surface area (TPSA) is 40.5 Å². The van der Waals surface area contributed by atoms with E-state index in [0.29, 0.717) is 12.1 Å². The fraction of sp³-hybridized carbons (Fsp3) is 0.357. The van der Waals surface area contributed by atoms with E-state index in [0.717, 1.165) is 18.4 Å². The first-order valence-electron chi connectivity index (χ1n) is 5.72. The van der Waals surface area contributed by atoms with Crippen molar-refractivity contribution in [3.05, 3.63) is 42.0 Å². The Hall–Kier alpha value is -1.77. The Labute approximate surface area is 102 Å². The van der Waals surface area contributed by atoms with E-state index in [1.54, 1.807) is 31.0 Å². The number of benzene rings is 1. The maximum absolute atomic E-state index is 12.0. The number of aryl methyl sites for hydroxylation is 1. The number of phenols is 1. The molecule has 1 rings (SSSR count). The predicted molar refractivity (Wildman–Crippen MR) is 69.2 cm³/mol. The smallest absolute Gasteiger partial charge is 0.253 e. The minimum atomic E-state index is -0.0654. The number of rotatable bonds is 5. The van der Waals surface area contributed by atoms with Crippen LogP contribution in [0.15, 0.2) is 30.9 Å². The van der Waals surface area contributed by atoms with Gasteiger partial charge in [-0.1, -0.05) is 12.1 Å². The molecular weight excluding hydrogens is 214 g/mol. The number of hydrogen-bond donors (Lipinski definition) is 1. The van der Waals surface area contributed by atoms with Crippen molar-refractivity contribution >= 4 is 5.91 Å². The number of hydrogen-bond acceptors (Lipinski definition) is 2. The molecule has 0 saturated heterocycles. The molecule has 0 atom stereocenters. The number of nitrogens with zero attached hydrogens (tertiary/aromatic N) is 1. The average Bonchev–Trinajstić information content (AvgIpc) is 2.32. The van der Waals surface area contributed by atoms with Crippen molar-refractivity contribution in [3.8, 4) is 5.75 Å². The van der Waals surface area contributed by atoms with E-state index in [-0.39, 0.29) is 11.7 Å². The van der Waals surface area contributed by atoms with Crippen LogP contribution in [0, 0.1) is 6.92 Å². The monoisotopic (exact) mass is 233 g/mol. The molecule has 92 valence electrons. The third-order valence-electron chi connectivity index (χ3n) is 2.70. The second-order valence-corrected chi connectivity index (χ2v) is 4.16. The van der Waals surface area contributed by atoms with E-state index in [4.69, 9.17) is 0 Å². The number of allylic oxidation sites excluding steroid dienone is 1. The molecule has 0 spiro atoms. The number of phenolic OH excluding ortho intramolecular Hbond substituents is 1. The Morgan fingerprint density at radius 3 is 2.82 bits per heavy atom. The molecule has 0 saturated carbocycles. The van der Waals surface area contributed by atoms with Gasteiger partial charge in [-0.2, -0.15) is 0 Å². The van der Waals surface area contributed by atoms with Crippen LogP contribution in [0.2, 0.25) is 0 Å². The summed E-state index contributed by atoms with van der Waals surface area (Å²) in [4.78, 5) is 13.7. The molecule has 0 radical (unpaired) electrons. The molecule has 0 aliphatic rings. The molecule has 0 aromatic heterocycles. The molecule has 0 bridgehead atoms. The zero-order valence-corrected chi connectivity index (χ0v) is 10.4. The molecule has 3 nitrogen and oxygen atoms in total. The SMILES string of the molecule is C=CCCCN(C)C(=O)c1ccc(C)c(O)c1. The highest BCUT2D eigenvalue weighted by Crippen LogP contribution is 2.18. The first kappa shape index (κ1) is 13.3. The highest BCUT2D eigenvalue weighted by molar-refractivity contribution is 5.94. The molecule has 3 heteroatoms. The number of carbonyl (C=O) groups is 1. The van der Waals surface area contributed by atoms with Crippen molar-refractivity contribution in [3.63, 3.8) is 0 Å². The lowest BCUT2D eigenvalue weighted by molar-refractivity contribution is 0.0793. The van der Waals surface area contributed by atoms with Crippen molar-refractivity contribution in [2.45, 2.75) is 19.8 Å². The molecule has 1 amide bonds. The third kappa shape index (κ3) is 3.63. The molecule has 0 fully saturated rings. The van der Waals surface area contributed by atoms with Gasteiger partial charge >= 0.3 is 0 Å². The lowest BCUT2D eigenvalue weighted by Gasteiger charge is -2.17. The molecule has 1 N–H and O–H groups in total. The van der Waals surface area contributed by atoms with E-state index in [1.165, 1.54) is 6.07 Å². The summed E-state index contributed by atoms with van der Waals surface area (Å²) in [5.74, 6) is 0.0969. The van der Waals surface area contributed by atoms with Crippen molar-refractivity contribution in [2.75, 3.05) is 13.6 Å². The van der Waals surface area contributed by atoms with Crippen molar-refractivity contribution < 1.29 is 9.90 Å². The Balaban J connectivity index is 2.68. The van der Waals surface area contributed by atoms with Gasteiger partial charge in [0.1, 0.15) is 5.75 Å². The van der Waals surface area contributed by atoms with E-state index < -0.39 is 0 Å². The van der Waals surface area contributed by atoms with Crippen LogP contribution in [0.25, 0.3) is 0 Å². The van der Waals surface area contributed by atoms with Gasteiger partial charge in [-0.3, -0.25) is 4.79 Å². The highest BCUT2D eigenvalue weighted by Gasteiger charge is 2.12.